The van der Waals surface area contributed by atoms with Crippen LogP contribution in [0, 0.1) is 11.6 Å². The first-order valence-electron chi connectivity index (χ1n) is 6.24. The van der Waals surface area contributed by atoms with Gasteiger partial charge in [0.05, 0.1) is 12.7 Å². The molecule has 0 fully saturated rings. The van der Waals surface area contributed by atoms with Crippen molar-refractivity contribution in [3.8, 4) is 11.1 Å². The second-order valence-corrected chi connectivity index (χ2v) is 4.53. The Balaban J connectivity index is 1.84. The Hall–Kier alpha value is -2.49. The first-order chi connectivity index (χ1) is 9.72. The van der Waals surface area contributed by atoms with Gasteiger partial charge < -0.3 is 0 Å². The Morgan fingerprint density at radius 3 is 2.45 bits per heavy atom. The van der Waals surface area contributed by atoms with Crippen molar-refractivity contribution < 1.29 is 8.78 Å². The fourth-order valence-electron chi connectivity index (χ4n) is 2.06. The Bertz CT molecular complexity index is 717. The molecule has 0 aliphatic heterocycles. The van der Waals surface area contributed by atoms with E-state index in [0.29, 0.717) is 12.1 Å². The van der Waals surface area contributed by atoms with E-state index in [9.17, 15) is 8.78 Å². The average molecular weight is 270 g/mol. The minimum absolute atomic E-state index is 0.263. The van der Waals surface area contributed by atoms with Gasteiger partial charge in [-0.3, -0.25) is 4.68 Å². The Morgan fingerprint density at radius 1 is 0.950 bits per heavy atom. The van der Waals surface area contributed by atoms with E-state index in [2.05, 4.69) is 5.10 Å². The van der Waals surface area contributed by atoms with Crippen molar-refractivity contribution in [2.75, 3.05) is 0 Å². The van der Waals surface area contributed by atoms with E-state index in [1.807, 2.05) is 0 Å². The van der Waals surface area contributed by atoms with Gasteiger partial charge in [-0.25, -0.2) is 8.78 Å². The zero-order chi connectivity index (χ0) is 13.9. The van der Waals surface area contributed by atoms with Crippen LogP contribution in [0.2, 0.25) is 0 Å². The molecule has 0 N–H and O–H groups in total. The minimum Gasteiger partial charge on any atom is -0.268 e. The molecule has 4 heteroatoms. The summed E-state index contributed by atoms with van der Waals surface area (Å²) in [7, 11) is 0. The van der Waals surface area contributed by atoms with E-state index >= 15 is 0 Å². The molecule has 3 aromatic rings. The molecule has 0 saturated carbocycles. The molecule has 1 heterocycles. The molecule has 0 saturated heterocycles. The number of nitrogens with zero attached hydrogens (tertiary/aromatic N) is 2. The molecule has 100 valence electrons. The maximum Gasteiger partial charge on any atom is 0.131 e. The highest BCUT2D eigenvalue weighted by atomic mass is 19.1. The van der Waals surface area contributed by atoms with Crippen LogP contribution in [0.5, 0.6) is 0 Å². The quantitative estimate of drug-likeness (QED) is 0.706. The number of aromatic nitrogens is 2. The van der Waals surface area contributed by atoms with Gasteiger partial charge in [-0.1, -0.05) is 30.3 Å². The average Bonchev–Trinajstić information content (AvgIpc) is 2.90. The predicted molar refractivity (Wildman–Crippen MR) is 73.1 cm³/mol. The Labute approximate surface area is 115 Å². The van der Waals surface area contributed by atoms with Crippen LogP contribution in [0.3, 0.4) is 0 Å². The molecule has 0 radical (unpaired) electrons. The molecule has 3 rings (SSSR count). The van der Waals surface area contributed by atoms with Crippen LogP contribution in [0.1, 0.15) is 5.56 Å². The zero-order valence-electron chi connectivity index (χ0n) is 10.6. The van der Waals surface area contributed by atoms with Crippen molar-refractivity contribution in [2.45, 2.75) is 6.54 Å². The third-order valence-corrected chi connectivity index (χ3v) is 3.08. The molecule has 0 aliphatic carbocycles. The van der Waals surface area contributed by atoms with E-state index in [4.69, 9.17) is 0 Å². The summed E-state index contributed by atoms with van der Waals surface area (Å²) in [6, 6.07) is 12.8. The molecule has 2 nitrogen and oxygen atoms in total. The Kier molecular flexibility index (Phi) is 3.29. The van der Waals surface area contributed by atoms with Crippen molar-refractivity contribution in [1.82, 2.24) is 9.78 Å². The van der Waals surface area contributed by atoms with Crippen LogP contribution in [-0.2, 0) is 6.54 Å². The van der Waals surface area contributed by atoms with Gasteiger partial charge in [-0.2, -0.15) is 5.10 Å². The summed E-state index contributed by atoms with van der Waals surface area (Å²) in [5, 5.41) is 4.21. The van der Waals surface area contributed by atoms with E-state index < -0.39 is 0 Å². The molecule has 0 atom stereocenters. The number of rotatable bonds is 3. The van der Waals surface area contributed by atoms with E-state index in [0.717, 1.165) is 11.1 Å². The van der Waals surface area contributed by atoms with Gasteiger partial charge in [-0.05, 0) is 23.8 Å². The summed E-state index contributed by atoms with van der Waals surface area (Å²) in [6.07, 6.45) is 3.41. The first-order valence-corrected chi connectivity index (χ1v) is 6.24. The summed E-state index contributed by atoms with van der Waals surface area (Å²) < 4.78 is 28.2. The predicted octanol–water partition coefficient (Wildman–Crippen LogP) is 3.88. The van der Waals surface area contributed by atoms with Gasteiger partial charge in [0.15, 0.2) is 0 Å². The number of halogens is 2. The molecule has 0 unspecified atom stereocenters. The first kappa shape index (κ1) is 12.5. The third-order valence-electron chi connectivity index (χ3n) is 3.08. The van der Waals surface area contributed by atoms with Crippen LogP contribution in [-0.4, -0.2) is 9.78 Å². The molecule has 20 heavy (non-hydrogen) atoms. The van der Waals surface area contributed by atoms with Crippen molar-refractivity contribution in [1.29, 1.82) is 0 Å². The highest BCUT2D eigenvalue weighted by molar-refractivity contribution is 5.62. The summed E-state index contributed by atoms with van der Waals surface area (Å²) in [6.45, 7) is 0.523. The topological polar surface area (TPSA) is 17.8 Å². The van der Waals surface area contributed by atoms with Crippen LogP contribution in [0.15, 0.2) is 60.9 Å². The monoisotopic (exact) mass is 270 g/mol. The van der Waals surface area contributed by atoms with Crippen LogP contribution < -0.4 is 0 Å². The number of hydrogen-bond acceptors (Lipinski definition) is 1. The molecule has 2 aromatic carbocycles. The molecular formula is C16H12F2N2. The fraction of sp³-hybridized carbons (Fsp3) is 0.0625. The number of hydrogen-bond donors (Lipinski definition) is 0. The van der Waals surface area contributed by atoms with Crippen molar-refractivity contribution >= 4 is 0 Å². The van der Waals surface area contributed by atoms with Crippen LogP contribution in [0.4, 0.5) is 8.78 Å². The molecule has 0 amide bonds. The van der Waals surface area contributed by atoms with Crippen molar-refractivity contribution in [2.24, 2.45) is 0 Å². The largest absolute Gasteiger partial charge is 0.268 e. The summed E-state index contributed by atoms with van der Waals surface area (Å²) in [4.78, 5) is 0. The highest BCUT2D eigenvalue weighted by Gasteiger charge is 2.06. The lowest BCUT2D eigenvalue weighted by atomic mass is 10.1. The smallest absolute Gasteiger partial charge is 0.131 e. The van der Waals surface area contributed by atoms with Gasteiger partial charge in [-0.15, -0.1) is 0 Å². The number of benzene rings is 2. The lowest BCUT2D eigenvalue weighted by molar-refractivity contribution is 0.624. The maximum absolute atomic E-state index is 13.7. The summed E-state index contributed by atoms with van der Waals surface area (Å²) in [5.41, 5.74) is 2.19. The Morgan fingerprint density at radius 2 is 1.70 bits per heavy atom. The lowest BCUT2D eigenvalue weighted by Crippen LogP contribution is -1.99. The maximum atomic E-state index is 13.7. The van der Waals surface area contributed by atoms with Crippen LogP contribution in [0.25, 0.3) is 11.1 Å². The zero-order valence-corrected chi connectivity index (χ0v) is 10.6. The van der Waals surface area contributed by atoms with Crippen LogP contribution >= 0.6 is 0 Å². The van der Waals surface area contributed by atoms with Gasteiger partial charge in [0.2, 0.25) is 0 Å². The van der Waals surface area contributed by atoms with E-state index in [-0.39, 0.29) is 11.6 Å². The van der Waals surface area contributed by atoms with E-state index in [1.54, 1.807) is 47.4 Å². The van der Waals surface area contributed by atoms with Gasteiger partial charge in [0.25, 0.3) is 0 Å². The lowest BCUT2D eigenvalue weighted by Gasteiger charge is -2.02. The molecular weight excluding hydrogens is 258 g/mol. The van der Waals surface area contributed by atoms with Gasteiger partial charge in [0.1, 0.15) is 11.6 Å². The van der Waals surface area contributed by atoms with Gasteiger partial charge >= 0.3 is 0 Å². The molecule has 0 spiro atoms. The molecule has 1 aromatic heterocycles. The van der Waals surface area contributed by atoms with Gasteiger partial charge in [0, 0.05) is 17.3 Å². The summed E-state index contributed by atoms with van der Waals surface area (Å²) >= 11 is 0. The third kappa shape index (κ3) is 2.59. The van der Waals surface area contributed by atoms with Crippen molar-refractivity contribution in [3.63, 3.8) is 0 Å². The summed E-state index contributed by atoms with van der Waals surface area (Å²) in [5.74, 6) is -0.532. The highest BCUT2D eigenvalue weighted by Crippen LogP contribution is 2.21. The SMILES string of the molecule is Fc1ccc(Cn2cc(-c3ccccc3F)cn2)cc1. The molecule has 0 aliphatic rings. The standard InChI is InChI=1S/C16H12F2N2/c17-14-7-5-12(6-8-14)10-20-11-13(9-19-20)15-3-1-2-4-16(15)18/h1-9,11H,10H2. The van der Waals surface area contributed by atoms with E-state index in [1.165, 1.54) is 18.2 Å². The fourth-order valence-corrected chi connectivity index (χ4v) is 2.06. The second kappa shape index (κ2) is 5.25. The normalized spacial score (nSPS) is 10.7. The van der Waals surface area contributed by atoms with Crippen molar-refractivity contribution in [3.05, 3.63) is 78.1 Å². The minimum atomic E-state index is -0.270. The second-order valence-electron chi connectivity index (χ2n) is 4.53. The molecule has 0 bridgehead atoms.